The molecule has 0 aromatic carbocycles. The van der Waals surface area contributed by atoms with Crippen molar-refractivity contribution in [1.82, 2.24) is 4.90 Å². The maximum Gasteiger partial charge on any atom is 0.240 e. The summed E-state index contributed by atoms with van der Waals surface area (Å²) in [7, 11) is 0. The molecule has 0 spiro atoms. The Hall–Kier alpha value is -0.520. The molecule has 1 amide bonds. The smallest absolute Gasteiger partial charge is 0.240 e. The van der Waals surface area contributed by atoms with E-state index in [1.165, 1.54) is 10.4 Å². The van der Waals surface area contributed by atoms with E-state index < -0.39 is 0 Å². The molecule has 5 heteroatoms. The van der Waals surface area contributed by atoms with Crippen molar-refractivity contribution in [2.75, 3.05) is 32.1 Å². The number of piperidine rings is 1. The van der Waals surface area contributed by atoms with E-state index in [1.54, 1.807) is 11.3 Å². The summed E-state index contributed by atoms with van der Waals surface area (Å²) in [6, 6.07) is 2.16. The van der Waals surface area contributed by atoms with Gasteiger partial charge in [0, 0.05) is 31.2 Å². The number of fused-ring (bicyclic) bond motifs is 1. The Balaban J connectivity index is 1.53. The van der Waals surface area contributed by atoms with Crippen LogP contribution >= 0.6 is 23.1 Å². The molecule has 1 saturated heterocycles. The fourth-order valence-electron chi connectivity index (χ4n) is 3.35. The van der Waals surface area contributed by atoms with Crippen LogP contribution in [0, 0.1) is 5.92 Å². The number of likely N-dealkylation sites (tertiary alicyclic amines) is 1. The Kier molecular flexibility index (Phi) is 5.83. The number of aryl methyl sites for hydroxylation is 1. The molecule has 1 aromatic heterocycles. The van der Waals surface area contributed by atoms with Crippen LogP contribution in [0.25, 0.3) is 0 Å². The third-order valence-electron chi connectivity index (χ3n) is 4.70. The summed E-state index contributed by atoms with van der Waals surface area (Å²) in [5.74, 6) is 2.15. The second kappa shape index (κ2) is 7.84. The van der Waals surface area contributed by atoms with E-state index in [2.05, 4.69) is 16.3 Å². The number of ether oxygens (including phenoxy) is 1. The minimum absolute atomic E-state index is 0.0509. The summed E-state index contributed by atoms with van der Waals surface area (Å²) in [6.45, 7) is 5.56. The summed E-state index contributed by atoms with van der Waals surface area (Å²) in [4.78, 5) is 16.4. The van der Waals surface area contributed by atoms with Crippen molar-refractivity contribution in [2.45, 2.75) is 37.9 Å². The number of hydrogen-bond acceptors (Lipinski definition) is 4. The average Bonchev–Trinajstić information content (AvgIpc) is 3.04. The van der Waals surface area contributed by atoms with Crippen LogP contribution in [0.1, 0.15) is 41.9 Å². The van der Waals surface area contributed by atoms with Gasteiger partial charge in [-0.15, -0.1) is 23.1 Å². The van der Waals surface area contributed by atoms with Crippen LogP contribution in [0.3, 0.4) is 0 Å². The maximum absolute atomic E-state index is 12.9. The first-order valence-electron chi connectivity index (χ1n) is 8.34. The van der Waals surface area contributed by atoms with Crippen molar-refractivity contribution in [3.05, 3.63) is 21.9 Å². The molecular weight excluding hydrogens is 314 g/mol. The molecule has 0 N–H and O–H groups in total. The van der Waals surface area contributed by atoms with Gasteiger partial charge in [0.05, 0.1) is 0 Å². The monoisotopic (exact) mass is 339 g/mol. The molecule has 1 aromatic rings. The topological polar surface area (TPSA) is 29.5 Å². The predicted octanol–water partition coefficient (Wildman–Crippen LogP) is 3.74. The van der Waals surface area contributed by atoms with Gasteiger partial charge in [-0.3, -0.25) is 4.79 Å². The van der Waals surface area contributed by atoms with E-state index in [0.717, 1.165) is 63.7 Å². The van der Waals surface area contributed by atoms with Gasteiger partial charge in [0.15, 0.2) is 0 Å². The zero-order valence-corrected chi connectivity index (χ0v) is 14.9. The number of carbonyl (C=O) groups is 1. The maximum atomic E-state index is 12.9. The van der Waals surface area contributed by atoms with Crippen LogP contribution in [0.4, 0.5) is 0 Å². The largest absolute Gasteiger partial charge is 0.382 e. The molecule has 0 unspecified atom stereocenters. The van der Waals surface area contributed by atoms with Gasteiger partial charge in [0.25, 0.3) is 0 Å². The van der Waals surface area contributed by atoms with Gasteiger partial charge in [0.2, 0.25) is 5.91 Å². The van der Waals surface area contributed by atoms with Gasteiger partial charge < -0.3 is 9.64 Å². The molecule has 0 bridgehead atoms. The highest BCUT2D eigenvalue weighted by atomic mass is 32.2. The third-order valence-corrected chi connectivity index (χ3v) is 6.93. The number of rotatable bonds is 5. The van der Waals surface area contributed by atoms with Gasteiger partial charge in [0.1, 0.15) is 5.25 Å². The molecule has 2 aliphatic heterocycles. The Morgan fingerprint density at radius 3 is 3.00 bits per heavy atom. The molecule has 3 rings (SSSR count). The lowest BCUT2D eigenvalue weighted by atomic mass is 9.93. The molecule has 3 heterocycles. The number of nitrogens with zero attached hydrogens (tertiary/aromatic N) is 1. The first-order valence-corrected chi connectivity index (χ1v) is 10.3. The fraction of sp³-hybridized carbons (Fsp3) is 0.706. The highest BCUT2D eigenvalue weighted by molar-refractivity contribution is 8.00. The van der Waals surface area contributed by atoms with Gasteiger partial charge in [-0.2, -0.15) is 0 Å². The lowest BCUT2D eigenvalue weighted by Gasteiger charge is -2.35. The summed E-state index contributed by atoms with van der Waals surface area (Å²) < 4.78 is 5.45. The van der Waals surface area contributed by atoms with Crippen molar-refractivity contribution < 1.29 is 9.53 Å². The minimum atomic E-state index is 0.0509. The van der Waals surface area contributed by atoms with Gasteiger partial charge >= 0.3 is 0 Å². The normalized spacial score (nSPS) is 22.6. The number of thioether (sulfide) groups is 1. The van der Waals surface area contributed by atoms with Gasteiger partial charge in [-0.05, 0) is 61.3 Å². The quantitative estimate of drug-likeness (QED) is 0.765. The van der Waals surface area contributed by atoms with Crippen molar-refractivity contribution in [2.24, 2.45) is 5.92 Å². The Morgan fingerprint density at radius 2 is 2.23 bits per heavy atom. The van der Waals surface area contributed by atoms with Crippen LogP contribution < -0.4 is 0 Å². The number of carbonyl (C=O) groups excluding carboxylic acids is 1. The Labute approximate surface area is 141 Å². The molecule has 2 aliphatic rings. The highest BCUT2D eigenvalue weighted by Crippen LogP contribution is 2.41. The summed E-state index contributed by atoms with van der Waals surface area (Å²) in [5, 5.41) is 2.19. The van der Waals surface area contributed by atoms with Crippen LogP contribution in [-0.4, -0.2) is 42.9 Å². The minimum Gasteiger partial charge on any atom is -0.382 e. The highest BCUT2D eigenvalue weighted by Gasteiger charge is 2.33. The summed E-state index contributed by atoms with van der Waals surface area (Å²) in [5.41, 5.74) is 1.28. The van der Waals surface area contributed by atoms with E-state index in [9.17, 15) is 4.79 Å². The lowest BCUT2D eigenvalue weighted by Crippen LogP contribution is -2.41. The number of thiophene rings is 1. The summed E-state index contributed by atoms with van der Waals surface area (Å²) >= 11 is 3.63. The van der Waals surface area contributed by atoms with E-state index in [-0.39, 0.29) is 5.25 Å². The standard InChI is InChI=1S/C17H25NO2S2/c1-2-20-10-5-13-3-8-18(9-4-13)17(19)16-14-6-11-21-15(14)7-12-22-16/h6,11,13,16H,2-5,7-10,12H2,1H3/t16-/m1/s1. The van der Waals surface area contributed by atoms with Crippen LogP contribution in [0.15, 0.2) is 11.4 Å². The lowest BCUT2D eigenvalue weighted by molar-refractivity contribution is -0.132. The van der Waals surface area contributed by atoms with Crippen LogP contribution in [0.2, 0.25) is 0 Å². The van der Waals surface area contributed by atoms with Gasteiger partial charge in [-0.1, -0.05) is 0 Å². The van der Waals surface area contributed by atoms with Crippen LogP contribution in [0.5, 0.6) is 0 Å². The van der Waals surface area contributed by atoms with Crippen molar-refractivity contribution in [3.8, 4) is 0 Å². The fourth-order valence-corrected chi connectivity index (χ4v) is 5.73. The molecule has 1 fully saturated rings. The zero-order chi connectivity index (χ0) is 15.4. The Morgan fingerprint density at radius 1 is 1.41 bits per heavy atom. The van der Waals surface area contributed by atoms with E-state index in [0.29, 0.717) is 5.91 Å². The Bertz CT molecular complexity index is 495. The first-order chi connectivity index (χ1) is 10.8. The SMILES string of the molecule is CCOCCC1CCN(C(=O)[C@@H]2SCCc3sccc32)CC1. The second-order valence-electron chi connectivity index (χ2n) is 6.05. The second-order valence-corrected chi connectivity index (χ2v) is 8.27. The molecule has 0 radical (unpaired) electrons. The molecule has 3 nitrogen and oxygen atoms in total. The zero-order valence-electron chi connectivity index (χ0n) is 13.3. The van der Waals surface area contributed by atoms with Crippen LogP contribution in [-0.2, 0) is 16.0 Å². The number of amides is 1. The molecule has 1 atom stereocenters. The van der Waals surface area contributed by atoms with E-state index in [1.807, 2.05) is 18.7 Å². The predicted molar refractivity (Wildman–Crippen MR) is 93.6 cm³/mol. The van der Waals surface area contributed by atoms with Crippen molar-refractivity contribution in [3.63, 3.8) is 0 Å². The molecule has 22 heavy (non-hydrogen) atoms. The van der Waals surface area contributed by atoms with Crippen molar-refractivity contribution in [1.29, 1.82) is 0 Å². The van der Waals surface area contributed by atoms with Crippen molar-refractivity contribution >= 4 is 29.0 Å². The molecule has 0 aliphatic carbocycles. The summed E-state index contributed by atoms with van der Waals surface area (Å²) in [6.07, 6.45) is 4.53. The average molecular weight is 340 g/mol. The molecule has 0 saturated carbocycles. The third kappa shape index (κ3) is 3.69. The molecule has 122 valence electrons. The van der Waals surface area contributed by atoms with E-state index in [4.69, 9.17) is 4.74 Å². The number of hydrogen-bond donors (Lipinski definition) is 0. The first kappa shape index (κ1) is 16.3. The molecular formula is C17H25NO2S2. The van der Waals surface area contributed by atoms with Gasteiger partial charge in [-0.25, -0.2) is 0 Å². The van der Waals surface area contributed by atoms with E-state index >= 15 is 0 Å².